The Bertz CT molecular complexity index is 1260. The van der Waals surface area contributed by atoms with Crippen molar-refractivity contribution in [3.05, 3.63) is 58.7 Å². The molecule has 7 nitrogen and oxygen atoms in total. The molecule has 0 bridgehead atoms. The highest BCUT2D eigenvalue weighted by Gasteiger charge is 2.49. The highest BCUT2D eigenvalue weighted by Crippen LogP contribution is 2.45. The van der Waals surface area contributed by atoms with Gasteiger partial charge < -0.3 is 33.2 Å². The Morgan fingerprint density at radius 1 is 0.735 bits per heavy atom. The minimum absolute atomic E-state index is 0.0961. The smallest absolute Gasteiger partial charge is 0.123 e. The number of benzene rings is 2. The fourth-order valence-electron chi connectivity index (χ4n) is 7.37. The average molecular weight is 681 g/mol. The number of ether oxygens (including phenoxy) is 7. The van der Waals surface area contributed by atoms with Crippen LogP contribution in [0.25, 0.3) is 0 Å². The van der Waals surface area contributed by atoms with Crippen molar-refractivity contribution >= 4 is 0 Å². The first-order chi connectivity index (χ1) is 24.0. The van der Waals surface area contributed by atoms with Crippen LogP contribution in [0.4, 0.5) is 0 Å². The lowest BCUT2D eigenvalue weighted by molar-refractivity contribution is -0.268. The van der Waals surface area contributed by atoms with Crippen LogP contribution in [0.1, 0.15) is 133 Å². The average Bonchev–Trinajstić information content (AvgIpc) is 3.10. The topological polar surface area (TPSA) is 64.6 Å². The molecule has 1 saturated heterocycles. The predicted molar refractivity (Wildman–Crippen MR) is 195 cm³/mol. The van der Waals surface area contributed by atoms with Gasteiger partial charge in [-0.1, -0.05) is 71.6 Å². The number of rotatable bonds is 21. The molecular weight excluding hydrogens is 616 g/mol. The summed E-state index contributed by atoms with van der Waals surface area (Å²) in [6.45, 7) is 11.9. The van der Waals surface area contributed by atoms with Crippen molar-refractivity contribution in [1.82, 2.24) is 0 Å². The fourth-order valence-corrected chi connectivity index (χ4v) is 7.37. The first kappa shape index (κ1) is 38.1. The van der Waals surface area contributed by atoms with Crippen molar-refractivity contribution in [1.29, 1.82) is 0 Å². The summed E-state index contributed by atoms with van der Waals surface area (Å²) in [5, 5.41) is 0. The third-order valence-corrected chi connectivity index (χ3v) is 10.6. The van der Waals surface area contributed by atoms with Gasteiger partial charge in [0.2, 0.25) is 0 Å². The van der Waals surface area contributed by atoms with E-state index in [1.807, 2.05) is 0 Å². The van der Waals surface area contributed by atoms with Gasteiger partial charge in [0, 0.05) is 32.8 Å². The summed E-state index contributed by atoms with van der Waals surface area (Å²) in [5.74, 6) is 1.94. The van der Waals surface area contributed by atoms with E-state index in [0.717, 1.165) is 93.3 Å². The molecule has 1 saturated carbocycles. The largest absolute Gasteiger partial charge is 0.496 e. The lowest BCUT2D eigenvalue weighted by atomic mass is 9.74. The van der Waals surface area contributed by atoms with E-state index in [0.29, 0.717) is 33.0 Å². The molecule has 2 aliphatic heterocycles. The quantitative estimate of drug-likeness (QED) is 0.122. The van der Waals surface area contributed by atoms with Gasteiger partial charge in [0.1, 0.15) is 47.6 Å². The monoisotopic (exact) mass is 680 g/mol. The summed E-state index contributed by atoms with van der Waals surface area (Å²) in [6.07, 6.45) is 13.4. The molecular formula is C42H64O7. The lowest BCUT2D eigenvalue weighted by Gasteiger charge is -2.46. The van der Waals surface area contributed by atoms with Crippen molar-refractivity contribution in [2.45, 2.75) is 154 Å². The number of fused-ring (bicyclic) bond motifs is 1. The van der Waals surface area contributed by atoms with Crippen LogP contribution in [0.5, 0.6) is 11.5 Å². The molecule has 0 aromatic heterocycles. The van der Waals surface area contributed by atoms with E-state index in [4.69, 9.17) is 33.2 Å². The molecule has 0 N–H and O–H groups in total. The molecule has 5 rings (SSSR count). The molecule has 5 atom stereocenters. The highest BCUT2D eigenvalue weighted by molar-refractivity contribution is 5.45. The molecule has 0 amide bonds. The maximum atomic E-state index is 7.05. The first-order valence-corrected chi connectivity index (χ1v) is 19.6. The van der Waals surface area contributed by atoms with Gasteiger partial charge in [-0.2, -0.15) is 0 Å². The van der Waals surface area contributed by atoms with Gasteiger partial charge in [-0.15, -0.1) is 0 Å². The third kappa shape index (κ3) is 10.0. The van der Waals surface area contributed by atoms with Crippen LogP contribution in [0.3, 0.4) is 0 Å². The Balaban J connectivity index is 1.44. The Labute approximate surface area is 296 Å². The summed E-state index contributed by atoms with van der Waals surface area (Å²) in [5.41, 5.74) is 4.87. The highest BCUT2D eigenvalue weighted by atomic mass is 16.6. The Morgan fingerprint density at radius 2 is 1.41 bits per heavy atom. The van der Waals surface area contributed by atoms with Crippen LogP contribution >= 0.6 is 0 Å². The first-order valence-electron chi connectivity index (χ1n) is 19.6. The van der Waals surface area contributed by atoms with Crippen LogP contribution < -0.4 is 9.47 Å². The summed E-state index contributed by atoms with van der Waals surface area (Å²) in [4.78, 5) is 0. The predicted octanol–water partition coefficient (Wildman–Crippen LogP) is 9.35. The van der Waals surface area contributed by atoms with E-state index in [1.54, 1.807) is 7.11 Å². The third-order valence-electron chi connectivity index (χ3n) is 10.6. The minimum Gasteiger partial charge on any atom is -0.496 e. The number of hydrogen-bond donors (Lipinski definition) is 0. The van der Waals surface area contributed by atoms with Crippen molar-refractivity contribution in [2.24, 2.45) is 0 Å². The van der Waals surface area contributed by atoms with Crippen LogP contribution in [0.15, 0.2) is 36.4 Å². The van der Waals surface area contributed by atoms with Crippen LogP contribution in [-0.2, 0) is 36.5 Å². The normalized spacial score (nSPS) is 24.3. The second-order valence-electron chi connectivity index (χ2n) is 14.4. The molecule has 2 aromatic carbocycles. The van der Waals surface area contributed by atoms with Gasteiger partial charge in [0.05, 0.1) is 13.7 Å². The van der Waals surface area contributed by atoms with Crippen molar-refractivity contribution in [2.75, 3.05) is 40.1 Å². The zero-order chi connectivity index (χ0) is 34.5. The molecule has 2 aromatic rings. The maximum absolute atomic E-state index is 7.05. The summed E-state index contributed by atoms with van der Waals surface area (Å²) in [7, 11) is 1.75. The van der Waals surface area contributed by atoms with Gasteiger partial charge in [0.25, 0.3) is 0 Å². The second kappa shape index (κ2) is 19.4. The van der Waals surface area contributed by atoms with E-state index >= 15 is 0 Å². The molecule has 2 fully saturated rings. The number of methoxy groups -OCH3 is 1. The summed E-state index contributed by atoms with van der Waals surface area (Å²) >= 11 is 0. The lowest BCUT2D eigenvalue weighted by Crippen LogP contribution is -2.58. The zero-order valence-corrected chi connectivity index (χ0v) is 31.1. The Kier molecular flexibility index (Phi) is 15.1. The van der Waals surface area contributed by atoms with E-state index in [9.17, 15) is 0 Å². The standard InChI is InChI=1S/C42H64O7/c1-6-10-23-44-30-37-39(45-24-11-7-2)41(47-26-13-9-4)40(46-25-12-8-3)38(48-37)33-16-18-35(43-5)34(29-33)28-31-15-17-36-32(27-31)19-22-42(49-36)20-14-21-42/h15-18,27,29,37-41H,6-14,19-26,28,30H2,1-5H3/t37?,38?,39-,40+,41?/m1/s1. The van der Waals surface area contributed by atoms with Gasteiger partial charge in [-0.3, -0.25) is 0 Å². The van der Waals surface area contributed by atoms with Crippen LogP contribution in [0, 0.1) is 0 Å². The zero-order valence-electron chi connectivity index (χ0n) is 31.1. The van der Waals surface area contributed by atoms with E-state index in [-0.39, 0.29) is 36.1 Å². The number of unbranched alkanes of at least 4 members (excludes halogenated alkanes) is 4. The van der Waals surface area contributed by atoms with E-state index in [2.05, 4.69) is 64.1 Å². The van der Waals surface area contributed by atoms with E-state index in [1.165, 1.54) is 30.4 Å². The van der Waals surface area contributed by atoms with Gasteiger partial charge in [-0.05, 0) is 98.2 Å². The Hall–Kier alpha value is -2.16. The molecule has 3 aliphatic rings. The van der Waals surface area contributed by atoms with Crippen molar-refractivity contribution < 1.29 is 33.2 Å². The van der Waals surface area contributed by atoms with E-state index < -0.39 is 0 Å². The van der Waals surface area contributed by atoms with Crippen LogP contribution in [-0.4, -0.2) is 70.2 Å². The van der Waals surface area contributed by atoms with Gasteiger partial charge in [0.15, 0.2) is 0 Å². The SMILES string of the molecule is CCCCOCC1OC(c2ccc(OC)c(Cc3ccc4c(c3)CCC3(CCC3)O4)c2)[C@H](OCCCC)C(OCCCC)[C@@H]1OCCCC. The summed E-state index contributed by atoms with van der Waals surface area (Å²) in [6, 6.07) is 13.2. The molecule has 0 radical (unpaired) electrons. The molecule has 49 heavy (non-hydrogen) atoms. The molecule has 2 heterocycles. The second-order valence-corrected chi connectivity index (χ2v) is 14.4. The van der Waals surface area contributed by atoms with Crippen molar-refractivity contribution in [3.63, 3.8) is 0 Å². The fraction of sp³-hybridized carbons (Fsp3) is 0.714. The van der Waals surface area contributed by atoms with Crippen molar-refractivity contribution in [3.8, 4) is 11.5 Å². The molecule has 274 valence electrons. The maximum Gasteiger partial charge on any atom is 0.123 e. The molecule has 1 spiro atoms. The molecule has 7 heteroatoms. The summed E-state index contributed by atoms with van der Waals surface area (Å²) < 4.78 is 45.8. The van der Waals surface area contributed by atoms with Gasteiger partial charge >= 0.3 is 0 Å². The molecule has 3 unspecified atom stereocenters. The number of hydrogen-bond acceptors (Lipinski definition) is 7. The van der Waals surface area contributed by atoms with Gasteiger partial charge in [-0.25, -0.2) is 0 Å². The van der Waals surface area contributed by atoms with Crippen LogP contribution in [0.2, 0.25) is 0 Å². The molecule has 1 aliphatic carbocycles. The Morgan fingerprint density at radius 3 is 2.06 bits per heavy atom. The number of aryl methyl sites for hydroxylation is 1. The minimum atomic E-state index is -0.338.